The molecule has 0 unspecified atom stereocenters. The van der Waals surface area contributed by atoms with Gasteiger partial charge in [0, 0.05) is 25.0 Å². The summed E-state index contributed by atoms with van der Waals surface area (Å²) >= 11 is 0. The largest absolute Gasteiger partial charge is 0.341 e. The fraction of sp³-hybridized carbons (Fsp3) is 0.238. The van der Waals surface area contributed by atoms with E-state index in [1.54, 1.807) is 18.5 Å². The number of benzene rings is 1. The number of pyridine rings is 1. The molecule has 4 rings (SSSR count). The van der Waals surface area contributed by atoms with Crippen molar-refractivity contribution in [1.82, 2.24) is 30.0 Å². The molecule has 0 saturated heterocycles. The van der Waals surface area contributed by atoms with Gasteiger partial charge < -0.3 is 9.88 Å². The third-order valence-corrected chi connectivity index (χ3v) is 4.83. The summed E-state index contributed by atoms with van der Waals surface area (Å²) < 4.78 is 2.04. The van der Waals surface area contributed by atoms with Crippen molar-refractivity contribution in [3.63, 3.8) is 0 Å². The van der Waals surface area contributed by atoms with Crippen LogP contribution < -0.4 is 5.32 Å². The van der Waals surface area contributed by atoms with Crippen molar-refractivity contribution in [3.05, 3.63) is 66.4 Å². The number of hydrogen-bond donors (Lipinski definition) is 2. The summed E-state index contributed by atoms with van der Waals surface area (Å²) in [4.78, 5) is 21.7. The summed E-state index contributed by atoms with van der Waals surface area (Å²) in [5, 5.41) is 10.2. The second kappa shape index (κ2) is 7.26. The predicted molar refractivity (Wildman–Crippen MR) is 108 cm³/mol. The van der Waals surface area contributed by atoms with Gasteiger partial charge in [-0.15, -0.1) is 0 Å². The molecule has 0 aliphatic heterocycles. The van der Waals surface area contributed by atoms with E-state index in [1.807, 2.05) is 48.0 Å². The van der Waals surface area contributed by atoms with Gasteiger partial charge in [0.15, 0.2) is 0 Å². The van der Waals surface area contributed by atoms with Gasteiger partial charge in [-0.05, 0) is 36.2 Å². The number of aryl methyl sites for hydroxylation is 1. The smallest absolute Gasteiger partial charge is 0.269 e. The molecule has 7 nitrogen and oxygen atoms in total. The van der Waals surface area contributed by atoms with Crippen LogP contribution in [0.3, 0.4) is 0 Å². The molecule has 3 heterocycles. The molecule has 0 fully saturated rings. The third kappa shape index (κ3) is 3.26. The highest BCUT2D eigenvalue weighted by Gasteiger charge is 2.25. The number of carbonyl (C=O) groups excluding carboxylic acids is 1. The highest BCUT2D eigenvalue weighted by molar-refractivity contribution is 5.93. The third-order valence-electron chi connectivity index (χ3n) is 4.83. The molecule has 0 spiro atoms. The number of carbonyl (C=O) groups is 1. The number of aromatic nitrogens is 5. The van der Waals surface area contributed by atoms with Gasteiger partial charge in [0.2, 0.25) is 0 Å². The van der Waals surface area contributed by atoms with Crippen LogP contribution in [0.2, 0.25) is 0 Å². The van der Waals surface area contributed by atoms with Gasteiger partial charge in [-0.25, -0.2) is 4.98 Å². The van der Waals surface area contributed by atoms with Crippen LogP contribution >= 0.6 is 0 Å². The van der Waals surface area contributed by atoms with Gasteiger partial charge in [-0.3, -0.25) is 14.9 Å². The molecule has 1 atom stereocenters. The van der Waals surface area contributed by atoms with Crippen LogP contribution in [0.1, 0.15) is 36.2 Å². The number of imidazole rings is 1. The summed E-state index contributed by atoms with van der Waals surface area (Å²) in [5.41, 5.74) is 3.90. The van der Waals surface area contributed by atoms with Crippen molar-refractivity contribution in [2.45, 2.75) is 19.9 Å². The molecule has 0 radical (unpaired) electrons. The maximum atomic E-state index is 12.9. The first kappa shape index (κ1) is 17.9. The normalized spacial score (nSPS) is 12.4. The Balaban J connectivity index is 1.61. The topological polar surface area (TPSA) is 88.5 Å². The number of para-hydroxylation sites is 2. The summed E-state index contributed by atoms with van der Waals surface area (Å²) in [7, 11) is 1.98. The summed E-state index contributed by atoms with van der Waals surface area (Å²) in [6, 6.07) is 13.2. The quantitative estimate of drug-likeness (QED) is 0.560. The Morgan fingerprint density at radius 1 is 1.18 bits per heavy atom. The van der Waals surface area contributed by atoms with Crippen LogP contribution in [0.5, 0.6) is 0 Å². The zero-order valence-electron chi connectivity index (χ0n) is 16.0. The summed E-state index contributed by atoms with van der Waals surface area (Å²) in [5.74, 6) is 0.783. The average molecular weight is 374 g/mol. The maximum absolute atomic E-state index is 12.9. The number of rotatable bonds is 5. The minimum absolute atomic E-state index is 0.167. The van der Waals surface area contributed by atoms with E-state index in [4.69, 9.17) is 4.98 Å². The van der Waals surface area contributed by atoms with Gasteiger partial charge in [0.25, 0.3) is 5.91 Å². The lowest BCUT2D eigenvalue weighted by atomic mass is 10.0. The van der Waals surface area contributed by atoms with Gasteiger partial charge in [-0.2, -0.15) is 5.10 Å². The second-order valence-electron chi connectivity index (χ2n) is 7.12. The lowest BCUT2D eigenvalue weighted by Crippen LogP contribution is -2.33. The van der Waals surface area contributed by atoms with Crippen molar-refractivity contribution in [3.8, 4) is 11.3 Å². The number of hydrogen-bond acceptors (Lipinski definition) is 4. The van der Waals surface area contributed by atoms with Gasteiger partial charge >= 0.3 is 0 Å². The van der Waals surface area contributed by atoms with Gasteiger partial charge in [0.1, 0.15) is 11.5 Å². The van der Waals surface area contributed by atoms with Crippen LogP contribution in [-0.4, -0.2) is 30.6 Å². The van der Waals surface area contributed by atoms with Crippen molar-refractivity contribution in [2.75, 3.05) is 0 Å². The second-order valence-corrected chi connectivity index (χ2v) is 7.12. The number of aromatic amines is 1. The van der Waals surface area contributed by atoms with E-state index in [-0.39, 0.29) is 17.9 Å². The SMILES string of the molecule is CC(C)[C@@H](NC(=O)c1cc(-c2cccnc2)n[nH]1)c1nc2ccccc2n1C. The lowest BCUT2D eigenvalue weighted by Gasteiger charge is -2.21. The summed E-state index contributed by atoms with van der Waals surface area (Å²) in [6.45, 7) is 4.14. The van der Waals surface area contributed by atoms with Gasteiger partial charge in [0.05, 0.1) is 22.8 Å². The molecular weight excluding hydrogens is 352 g/mol. The molecule has 3 aromatic heterocycles. The van der Waals surface area contributed by atoms with E-state index < -0.39 is 0 Å². The van der Waals surface area contributed by atoms with E-state index in [1.165, 1.54) is 0 Å². The Labute approximate surface area is 162 Å². The molecule has 0 aliphatic carbocycles. The van der Waals surface area contributed by atoms with E-state index in [0.29, 0.717) is 11.4 Å². The fourth-order valence-corrected chi connectivity index (χ4v) is 3.29. The van der Waals surface area contributed by atoms with E-state index >= 15 is 0 Å². The first-order chi connectivity index (χ1) is 13.5. The Hall–Kier alpha value is -3.48. The molecule has 7 heteroatoms. The molecular formula is C21H22N6O. The molecule has 142 valence electrons. The standard InChI is InChI=1S/C21H22N6O/c1-13(2)19(20-23-15-8-4-5-9-18(15)27(20)3)24-21(28)17-11-16(25-26-17)14-7-6-10-22-12-14/h4-13,19H,1-3H3,(H,24,28)(H,25,26)/t19-/m1/s1. The van der Waals surface area contributed by atoms with E-state index in [9.17, 15) is 4.79 Å². The minimum Gasteiger partial charge on any atom is -0.341 e. The number of H-pyrrole nitrogens is 1. The Kier molecular flexibility index (Phi) is 4.65. The average Bonchev–Trinajstić information content (AvgIpc) is 3.32. The van der Waals surface area contributed by atoms with E-state index in [0.717, 1.165) is 22.4 Å². The molecule has 28 heavy (non-hydrogen) atoms. The first-order valence-electron chi connectivity index (χ1n) is 9.22. The number of nitrogens with zero attached hydrogens (tertiary/aromatic N) is 4. The molecule has 0 aliphatic rings. The van der Waals surface area contributed by atoms with Crippen molar-refractivity contribution in [1.29, 1.82) is 0 Å². The monoisotopic (exact) mass is 374 g/mol. The zero-order chi connectivity index (χ0) is 19.7. The number of nitrogens with one attached hydrogen (secondary N) is 2. The van der Waals surface area contributed by atoms with Crippen molar-refractivity contribution < 1.29 is 4.79 Å². The molecule has 0 saturated carbocycles. The predicted octanol–water partition coefficient (Wildman–Crippen LogP) is 3.49. The Morgan fingerprint density at radius 2 is 2.00 bits per heavy atom. The highest BCUT2D eigenvalue weighted by atomic mass is 16.2. The van der Waals surface area contributed by atoms with Crippen LogP contribution in [-0.2, 0) is 7.05 Å². The Bertz CT molecular complexity index is 1110. The fourth-order valence-electron chi connectivity index (χ4n) is 3.29. The van der Waals surface area contributed by atoms with Crippen molar-refractivity contribution >= 4 is 16.9 Å². The zero-order valence-corrected chi connectivity index (χ0v) is 16.0. The molecule has 1 amide bonds. The van der Waals surface area contributed by atoms with Crippen LogP contribution in [0.4, 0.5) is 0 Å². The molecule has 4 aromatic rings. The van der Waals surface area contributed by atoms with Crippen LogP contribution in [0.15, 0.2) is 54.9 Å². The van der Waals surface area contributed by atoms with Gasteiger partial charge in [-0.1, -0.05) is 26.0 Å². The molecule has 1 aromatic carbocycles. The van der Waals surface area contributed by atoms with E-state index in [2.05, 4.69) is 34.3 Å². The molecule has 0 bridgehead atoms. The van der Waals surface area contributed by atoms with Crippen molar-refractivity contribution in [2.24, 2.45) is 13.0 Å². The van der Waals surface area contributed by atoms with Crippen LogP contribution in [0, 0.1) is 5.92 Å². The lowest BCUT2D eigenvalue weighted by molar-refractivity contribution is 0.0917. The summed E-state index contributed by atoms with van der Waals surface area (Å²) in [6.07, 6.45) is 3.42. The maximum Gasteiger partial charge on any atom is 0.269 e. The highest BCUT2D eigenvalue weighted by Crippen LogP contribution is 2.25. The number of amides is 1. The minimum atomic E-state index is -0.227. The number of fused-ring (bicyclic) bond motifs is 1. The van der Waals surface area contributed by atoms with Crippen LogP contribution in [0.25, 0.3) is 22.3 Å². The Morgan fingerprint density at radius 3 is 2.71 bits per heavy atom. The molecule has 2 N–H and O–H groups in total. The first-order valence-corrected chi connectivity index (χ1v) is 9.22.